The first-order chi connectivity index (χ1) is 14.2. The lowest BCUT2D eigenvalue weighted by atomic mass is 10.1. The summed E-state index contributed by atoms with van der Waals surface area (Å²) in [7, 11) is -0.605. The van der Waals surface area contributed by atoms with E-state index in [2.05, 4.69) is 5.32 Å². The maximum atomic E-state index is 12.2. The molecule has 2 rings (SSSR count). The van der Waals surface area contributed by atoms with Crippen molar-refractivity contribution in [2.24, 2.45) is 5.14 Å². The van der Waals surface area contributed by atoms with Crippen molar-refractivity contribution in [3.63, 3.8) is 0 Å². The number of hydrogen-bond donors (Lipinski definition) is 2. The van der Waals surface area contributed by atoms with Gasteiger partial charge in [0.25, 0.3) is 0 Å². The van der Waals surface area contributed by atoms with Gasteiger partial charge < -0.3 is 15.0 Å². The minimum Gasteiger partial charge on any atom is -0.497 e. The number of carbonyl (C=O) groups is 2. The molecule has 0 saturated heterocycles. The molecule has 2 amide bonds. The average Bonchev–Trinajstić information content (AvgIpc) is 2.71. The number of nitrogens with one attached hydrogen (secondary N) is 1. The second-order valence-electron chi connectivity index (χ2n) is 6.59. The topological polar surface area (TPSA) is 119 Å². The Kier molecular flexibility index (Phi) is 8.14. The molecule has 0 aliphatic heterocycles. The van der Waals surface area contributed by atoms with Crippen LogP contribution in [-0.2, 0) is 26.0 Å². The number of primary sulfonamides is 1. The predicted molar refractivity (Wildman–Crippen MR) is 114 cm³/mol. The molecule has 0 bridgehead atoms. The van der Waals surface area contributed by atoms with Crippen LogP contribution < -0.4 is 15.2 Å². The fraction of sp³-hybridized carbons (Fsp3) is 0.238. The van der Waals surface area contributed by atoms with Crippen molar-refractivity contribution in [3.05, 3.63) is 65.7 Å². The first-order valence-corrected chi connectivity index (χ1v) is 10.7. The van der Waals surface area contributed by atoms with E-state index in [1.807, 2.05) is 18.2 Å². The SMILES string of the molecule is COc1cccc(/C=C/C(=O)N(C)CC(=O)NCCc2ccc(S(N)(=O)=O)cc2)c1. The second kappa shape index (κ2) is 10.6. The summed E-state index contributed by atoms with van der Waals surface area (Å²) in [6, 6.07) is 13.4. The van der Waals surface area contributed by atoms with E-state index in [0.717, 1.165) is 11.1 Å². The molecule has 0 heterocycles. The summed E-state index contributed by atoms with van der Waals surface area (Å²) in [5, 5.41) is 7.79. The van der Waals surface area contributed by atoms with E-state index in [4.69, 9.17) is 9.88 Å². The summed E-state index contributed by atoms with van der Waals surface area (Å²) >= 11 is 0. The van der Waals surface area contributed by atoms with Crippen LogP contribution in [0.2, 0.25) is 0 Å². The normalized spacial score (nSPS) is 11.3. The van der Waals surface area contributed by atoms with Crippen molar-refractivity contribution in [3.8, 4) is 5.75 Å². The third-order valence-electron chi connectivity index (χ3n) is 4.26. The van der Waals surface area contributed by atoms with E-state index < -0.39 is 10.0 Å². The molecule has 160 valence electrons. The summed E-state index contributed by atoms with van der Waals surface area (Å²) < 4.78 is 27.6. The fourth-order valence-corrected chi connectivity index (χ4v) is 3.10. The molecule has 0 aliphatic rings. The molecular weight excluding hydrogens is 406 g/mol. The molecule has 2 aromatic rings. The highest BCUT2D eigenvalue weighted by molar-refractivity contribution is 7.89. The first kappa shape index (κ1) is 23.1. The van der Waals surface area contributed by atoms with Gasteiger partial charge in [-0.25, -0.2) is 13.6 Å². The van der Waals surface area contributed by atoms with Crippen LogP contribution >= 0.6 is 0 Å². The molecule has 0 spiro atoms. The first-order valence-electron chi connectivity index (χ1n) is 9.14. The van der Waals surface area contributed by atoms with Crippen molar-refractivity contribution < 1.29 is 22.7 Å². The number of ether oxygens (including phenoxy) is 1. The number of rotatable bonds is 9. The summed E-state index contributed by atoms with van der Waals surface area (Å²) in [5.74, 6) is 0.102. The summed E-state index contributed by atoms with van der Waals surface area (Å²) in [6.07, 6.45) is 3.57. The van der Waals surface area contributed by atoms with Gasteiger partial charge in [-0.2, -0.15) is 0 Å². The van der Waals surface area contributed by atoms with E-state index in [1.54, 1.807) is 38.4 Å². The smallest absolute Gasteiger partial charge is 0.246 e. The third-order valence-corrected chi connectivity index (χ3v) is 5.19. The van der Waals surface area contributed by atoms with Crippen LogP contribution in [-0.4, -0.2) is 52.4 Å². The van der Waals surface area contributed by atoms with E-state index in [-0.39, 0.29) is 23.3 Å². The van der Waals surface area contributed by atoms with Gasteiger partial charge in [-0.05, 0) is 47.9 Å². The van der Waals surface area contributed by atoms with Crippen LogP contribution in [0.4, 0.5) is 0 Å². The molecule has 0 unspecified atom stereocenters. The minimum atomic E-state index is -3.72. The van der Waals surface area contributed by atoms with Crippen LogP contribution in [0, 0.1) is 0 Å². The van der Waals surface area contributed by atoms with Gasteiger partial charge in [0.1, 0.15) is 5.75 Å². The highest BCUT2D eigenvalue weighted by Crippen LogP contribution is 2.13. The highest BCUT2D eigenvalue weighted by atomic mass is 32.2. The molecule has 0 atom stereocenters. The molecule has 0 saturated carbocycles. The predicted octanol–water partition coefficient (Wildman–Crippen LogP) is 1.17. The Hall–Kier alpha value is -3.17. The molecule has 0 radical (unpaired) electrons. The Balaban J connectivity index is 1.78. The molecule has 0 aromatic heterocycles. The molecule has 8 nitrogen and oxygen atoms in total. The maximum Gasteiger partial charge on any atom is 0.246 e. The summed E-state index contributed by atoms with van der Waals surface area (Å²) in [5.41, 5.74) is 1.67. The van der Waals surface area contributed by atoms with Crippen LogP contribution in [0.3, 0.4) is 0 Å². The van der Waals surface area contributed by atoms with Crippen LogP contribution in [0.15, 0.2) is 59.5 Å². The van der Waals surface area contributed by atoms with Gasteiger partial charge in [-0.3, -0.25) is 9.59 Å². The standard InChI is InChI=1S/C21H25N3O5S/c1-24(21(26)11-8-17-4-3-5-18(14-17)29-2)15-20(25)23-13-12-16-6-9-19(10-7-16)30(22,27)28/h3-11,14H,12-13,15H2,1-2H3,(H,23,25)(H2,22,27,28)/b11-8+. The number of amides is 2. The van der Waals surface area contributed by atoms with Crippen LogP contribution in [0.1, 0.15) is 11.1 Å². The van der Waals surface area contributed by atoms with Gasteiger partial charge in [-0.1, -0.05) is 24.3 Å². The largest absolute Gasteiger partial charge is 0.497 e. The minimum absolute atomic E-state index is 0.0393. The number of carbonyl (C=O) groups excluding carboxylic acids is 2. The Morgan fingerprint density at radius 1 is 1.17 bits per heavy atom. The lowest BCUT2D eigenvalue weighted by Gasteiger charge is -2.15. The molecule has 0 aliphatic carbocycles. The lowest BCUT2D eigenvalue weighted by molar-refractivity contribution is -0.131. The highest BCUT2D eigenvalue weighted by Gasteiger charge is 2.11. The van der Waals surface area contributed by atoms with E-state index in [1.165, 1.54) is 23.1 Å². The Morgan fingerprint density at radius 2 is 1.87 bits per heavy atom. The number of methoxy groups -OCH3 is 1. The third kappa shape index (κ3) is 7.34. The molecule has 30 heavy (non-hydrogen) atoms. The number of benzene rings is 2. The van der Waals surface area contributed by atoms with Gasteiger partial charge >= 0.3 is 0 Å². The molecule has 0 fully saturated rings. The molecule has 9 heteroatoms. The lowest BCUT2D eigenvalue weighted by Crippen LogP contribution is -2.38. The quantitative estimate of drug-likeness (QED) is 0.578. The number of nitrogens with zero attached hydrogens (tertiary/aromatic N) is 1. The Morgan fingerprint density at radius 3 is 2.50 bits per heavy atom. The monoisotopic (exact) mass is 431 g/mol. The Bertz CT molecular complexity index is 1020. The zero-order valence-electron chi connectivity index (χ0n) is 16.9. The van der Waals surface area contributed by atoms with Gasteiger partial charge in [-0.15, -0.1) is 0 Å². The van der Waals surface area contributed by atoms with Crippen molar-refractivity contribution in [2.45, 2.75) is 11.3 Å². The van der Waals surface area contributed by atoms with Gasteiger partial charge in [0.15, 0.2) is 0 Å². The molecule has 3 N–H and O–H groups in total. The number of nitrogens with two attached hydrogens (primary N) is 1. The zero-order valence-corrected chi connectivity index (χ0v) is 17.7. The number of sulfonamides is 1. The van der Waals surface area contributed by atoms with Crippen molar-refractivity contribution in [2.75, 3.05) is 27.2 Å². The summed E-state index contributed by atoms with van der Waals surface area (Å²) in [6.45, 7) is 0.279. The molecule has 2 aromatic carbocycles. The molecular formula is C21H25N3O5S. The van der Waals surface area contributed by atoms with E-state index >= 15 is 0 Å². The summed E-state index contributed by atoms with van der Waals surface area (Å²) in [4.78, 5) is 25.6. The van der Waals surface area contributed by atoms with Gasteiger partial charge in [0, 0.05) is 19.7 Å². The van der Waals surface area contributed by atoms with Crippen molar-refractivity contribution >= 4 is 27.9 Å². The van der Waals surface area contributed by atoms with E-state index in [0.29, 0.717) is 18.7 Å². The van der Waals surface area contributed by atoms with E-state index in [9.17, 15) is 18.0 Å². The number of hydrogen-bond acceptors (Lipinski definition) is 5. The van der Waals surface area contributed by atoms with Crippen LogP contribution in [0.25, 0.3) is 6.08 Å². The maximum absolute atomic E-state index is 12.2. The average molecular weight is 432 g/mol. The Labute approximate surface area is 176 Å². The zero-order chi connectivity index (χ0) is 22.1. The number of likely N-dealkylation sites (N-methyl/N-ethyl adjacent to an activating group) is 1. The van der Waals surface area contributed by atoms with Gasteiger partial charge in [0.05, 0.1) is 18.6 Å². The van der Waals surface area contributed by atoms with Crippen molar-refractivity contribution in [1.82, 2.24) is 10.2 Å². The fourth-order valence-electron chi connectivity index (χ4n) is 2.58. The van der Waals surface area contributed by atoms with Crippen LogP contribution in [0.5, 0.6) is 5.75 Å². The second-order valence-corrected chi connectivity index (χ2v) is 8.15. The van der Waals surface area contributed by atoms with Crippen molar-refractivity contribution in [1.29, 1.82) is 0 Å². The van der Waals surface area contributed by atoms with Gasteiger partial charge in [0.2, 0.25) is 21.8 Å².